The molecule has 88 valence electrons. The summed E-state index contributed by atoms with van der Waals surface area (Å²) < 4.78 is 5.23. The minimum Gasteiger partial charge on any atom is -0.471 e. The van der Waals surface area contributed by atoms with E-state index >= 15 is 0 Å². The van der Waals surface area contributed by atoms with Crippen molar-refractivity contribution in [3.8, 4) is 5.75 Å². The fourth-order valence-electron chi connectivity index (χ4n) is 1.44. The van der Waals surface area contributed by atoms with Crippen LogP contribution >= 0.6 is 0 Å². The van der Waals surface area contributed by atoms with Gasteiger partial charge in [-0.25, -0.2) is 4.79 Å². The zero-order valence-electron chi connectivity index (χ0n) is 9.02. The minimum atomic E-state index is -1.34. The highest BCUT2D eigenvalue weighted by Crippen LogP contribution is 2.15. The minimum absolute atomic E-state index is 0.398. The van der Waals surface area contributed by atoms with Crippen LogP contribution in [0.25, 0.3) is 0 Å². The number of carbonyl (C=O) groups is 3. The van der Waals surface area contributed by atoms with Gasteiger partial charge in [-0.3, -0.25) is 20.2 Å². The number of imide groups is 2. The predicted molar refractivity (Wildman–Crippen MR) is 57.3 cm³/mol. The Kier molecular flexibility index (Phi) is 2.78. The molecule has 0 atom stereocenters. The van der Waals surface area contributed by atoms with Crippen LogP contribution < -0.4 is 15.4 Å². The first-order valence-electron chi connectivity index (χ1n) is 4.95. The van der Waals surface area contributed by atoms with Gasteiger partial charge in [-0.05, 0) is 24.6 Å². The molecule has 0 spiro atoms. The molecule has 0 aromatic heterocycles. The predicted octanol–water partition coefficient (Wildman–Crippen LogP) is 0.108. The molecule has 0 aliphatic carbocycles. The van der Waals surface area contributed by atoms with Gasteiger partial charge in [0.05, 0.1) is 0 Å². The third-order valence-corrected chi connectivity index (χ3v) is 2.19. The van der Waals surface area contributed by atoms with Gasteiger partial charge in [0.25, 0.3) is 17.9 Å². The molecule has 1 fully saturated rings. The summed E-state index contributed by atoms with van der Waals surface area (Å²) in [5, 5.41) is 3.92. The molecule has 2 rings (SSSR count). The highest BCUT2D eigenvalue weighted by molar-refractivity contribution is 6.18. The van der Waals surface area contributed by atoms with Crippen LogP contribution in [0.15, 0.2) is 24.3 Å². The number of ether oxygens (including phenoxy) is 1. The van der Waals surface area contributed by atoms with Crippen molar-refractivity contribution < 1.29 is 19.1 Å². The summed E-state index contributed by atoms with van der Waals surface area (Å²) in [6.45, 7) is 1.86. The number of barbiturate groups is 1. The van der Waals surface area contributed by atoms with Crippen LogP contribution in [0.2, 0.25) is 0 Å². The van der Waals surface area contributed by atoms with E-state index in [1.807, 2.05) is 23.6 Å². The lowest BCUT2D eigenvalue weighted by atomic mass is 10.2. The third kappa shape index (κ3) is 2.41. The van der Waals surface area contributed by atoms with Crippen molar-refractivity contribution in [2.24, 2.45) is 0 Å². The average molecular weight is 234 g/mol. The van der Waals surface area contributed by atoms with E-state index < -0.39 is 23.9 Å². The second kappa shape index (κ2) is 4.25. The van der Waals surface area contributed by atoms with Gasteiger partial charge >= 0.3 is 6.03 Å². The summed E-state index contributed by atoms with van der Waals surface area (Å²) in [6, 6.07) is 6.09. The quantitative estimate of drug-likeness (QED) is 0.711. The highest BCUT2D eigenvalue weighted by Gasteiger charge is 2.36. The molecule has 0 bridgehead atoms. The van der Waals surface area contributed by atoms with Crippen LogP contribution in [-0.2, 0) is 9.59 Å². The molecule has 1 aromatic carbocycles. The maximum atomic E-state index is 11.4. The Labute approximate surface area is 96.9 Å². The van der Waals surface area contributed by atoms with Crippen molar-refractivity contribution in [1.82, 2.24) is 10.6 Å². The van der Waals surface area contributed by atoms with Gasteiger partial charge in [-0.15, -0.1) is 0 Å². The fraction of sp³-hybridized carbons (Fsp3) is 0.182. The molecule has 4 amide bonds. The second-order valence-corrected chi connectivity index (χ2v) is 3.62. The number of amides is 4. The lowest BCUT2D eigenvalue weighted by Crippen LogP contribution is -2.60. The van der Waals surface area contributed by atoms with E-state index in [4.69, 9.17) is 4.74 Å². The molecule has 17 heavy (non-hydrogen) atoms. The molecule has 1 aliphatic heterocycles. The number of aryl methyl sites for hydroxylation is 1. The number of rotatable bonds is 2. The van der Waals surface area contributed by atoms with Gasteiger partial charge in [0.1, 0.15) is 5.75 Å². The van der Waals surface area contributed by atoms with Crippen LogP contribution in [0.4, 0.5) is 4.79 Å². The van der Waals surface area contributed by atoms with Crippen LogP contribution in [0.1, 0.15) is 5.56 Å². The summed E-state index contributed by atoms with van der Waals surface area (Å²) in [5.41, 5.74) is 0.940. The molecule has 0 unspecified atom stereocenters. The molecule has 1 aromatic rings. The van der Waals surface area contributed by atoms with Crippen LogP contribution in [0.5, 0.6) is 5.75 Å². The smallest absolute Gasteiger partial charge is 0.328 e. The van der Waals surface area contributed by atoms with Crippen molar-refractivity contribution in [3.63, 3.8) is 0 Å². The number of benzene rings is 1. The van der Waals surface area contributed by atoms with E-state index in [0.717, 1.165) is 5.56 Å². The summed E-state index contributed by atoms with van der Waals surface area (Å²) in [6.07, 6.45) is -1.34. The second-order valence-electron chi connectivity index (χ2n) is 3.62. The Balaban J connectivity index is 2.15. The van der Waals surface area contributed by atoms with Gasteiger partial charge in [0, 0.05) is 0 Å². The van der Waals surface area contributed by atoms with E-state index in [-0.39, 0.29) is 0 Å². The lowest BCUT2D eigenvalue weighted by molar-refractivity contribution is -0.139. The molecule has 0 radical (unpaired) electrons. The van der Waals surface area contributed by atoms with Crippen molar-refractivity contribution in [1.29, 1.82) is 0 Å². The summed E-state index contributed by atoms with van der Waals surface area (Å²) in [4.78, 5) is 33.6. The molecule has 6 nitrogen and oxygen atoms in total. The Hall–Kier alpha value is -2.37. The standard InChI is InChI=1S/C11H10N2O4/c1-6-3-2-4-7(5-6)17-8-9(14)12-11(16)13-10(8)15/h2-5,8H,1H3,(H2,12,13,14,15,16). The first-order valence-corrected chi connectivity index (χ1v) is 4.95. The number of urea groups is 1. The summed E-state index contributed by atoms with van der Waals surface area (Å²) >= 11 is 0. The van der Waals surface area contributed by atoms with Crippen molar-refractivity contribution >= 4 is 17.8 Å². The number of nitrogens with one attached hydrogen (secondary N) is 2. The van der Waals surface area contributed by atoms with Gasteiger partial charge in [-0.1, -0.05) is 12.1 Å². The van der Waals surface area contributed by atoms with Gasteiger partial charge in [-0.2, -0.15) is 0 Å². The van der Waals surface area contributed by atoms with E-state index in [0.29, 0.717) is 5.75 Å². The number of hydrogen-bond donors (Lipinski definition) is 2. The largest absolute Gasteiger partial charge is 0.471 e. The average Bonchev–Trinajstić information content (AvgIpc) is 2.23. The SMILES string of the molecule is Cc1cccc(OC2C(=O)NC(=O)NC2=O)c1. The van der Waals surface area contributed by atoms with E-state index in [2.05, 4.69) is 0 Å². The van der Waals surface area contributed by atoms with Crippen molar-refractivity contribution in [2.45, 2.75) is 13.0 Å². The molecular formula is C11H10N2O4. The first-order chi connectivity index (χ1) is 8.06. The van der Waals surface area contributed by atoms with Crippen molar-refractivity contribution in [2.75, 3.05) is 0 Å². The Bertz CT molecular complexity index is 478. The Morgan fingerprint density at radius 1 is 1.12 bits per heavy atom. The monoisotopic (exact) mass is 234 g/mol. The van der Waals surface area contributed by atoms with E-state index in [9.17, 15) is 14.4 Å². The molecule has 0 saturated carbocycles. The molecule has 2 N–H and O–H groups in total. The number of hydrogen-bond acceptors (Lipinski definition) is 4. The highest BCUT2D eigenvalue weighted by atomic mass is 16.5. The zero-order chi connectivity index (χ0) is 12.4. The van der Waals surface area contributed by atoms with E-state index in [1.165, 1.54) is 0 Å². The van der Waals surface area contributed by atoms with Gasteiger partial charge in [0.15, 0.2) is 0 Å². The van der Waals surface area contributed by atoms with Crippen LogP contribution in [0.3, 0.4) is 0 Å². The summed E-state index contributed by atoms with van der Waals surface area (Å²) in [7, 11) is 0. The maximum absolute atomic E-state index is 11.4. The maximum Gasteiger partial charge on any atom is 0.328 e. The number of carbonyl (C=O) groups excluding carboxylic acids is 3. The zero-order valence-corrected chi connectivity index (χ0v) is 9.02. The summed E-state index contributed by atoms with van der Waals surface area (Å²) in [5.74, 6) is -1.13. The molecular weight excluding hydrogens is 224 g/mol. The molecule has 6 heteroatoms. The van der Waals surface area contributed by atoms with Crippen LogP contribution in [-0.4, -0.2) is 23.9 Å². The van der Waals surface area contributed by atoms with Gasteiger partial charge in [0.2, 0.25) is 0 Å². The molecule has 1 aliphatic rings. The first kappa shape index (κ1) is 11.1. The normalized spacial score (nSPS) is 16.4. The molecule has 1 heterocycles. The lowest BCUT2D eigenvalue weighted by Gasteiger charge is -2.21. The fourth-order valence-corrected chi connectivity index (χ4v) is 1.44. The Morgan fingerprint density at radius 3 is 2.35 bits per heavy atom. The topological polar surface area (TPSA) is 84.5 Å². The van der Waals surface area contributed by atoms with E-state index in [1.54, 1.807) is 18.2 Å². The molecule has 1 saturated heterocycles. The Morgan fingerprint density at radius 2 is 1.76 bits per heavy atom. The van der Waals surface area contributed by atoms with Crippen LogP contribution in [0, 0.1) is 6.92 Å². The van der Waals surface area contributed by atoms with Gasteiger partial charge < -0.3 is 4.74 Å². The third-order valence-electron chi connectivity index (χ3n) is 2.19. The van der Waals surface area contributed by atoms with Crippen molar-refractivity contribution in [3.05, 3.63) is 29.8 Å².